The van der Waals surface area contributed by atoms with Crippen LogP contribution in [-0.4, -0.2) is 15.7 Å². The van der Waals surface area contributed by atoms with E-state index >= 15 is 0 Å². The topological polar surface area (TPSA) is 34.1 Å². The van der Waals surface area contributed by atoms with Crippen LogP contribution in [0.25, 0.3) is 0 Å². The van der Waals surface area contributed by atoms with Gasteiger partial charge < -0.3 is 0 Å². The van der Waals surface area contributed by atoms with Gasteiger partial charge in [-0.25, -0.2) is 0 Å². The molecule has 0 aliphatic rings. The van der Waals surface area contributed by atoms with E-state index in [9.17, 15) is 9.00 Å². The third-order valence-electron chi connectivity index (χ3n) is 2.25. The molecule has 1 rings (SSSR count). The molecule has 0 heterocycles. The number of Topliss-reactive ketones (excluding diaryl/α,β-unsaturated/α-hetero) is 1. The van der Waals surface area contributed by atoms with Gasteiger partial charge in [0, 0.05) is 10.3 Å². The van der Waals surface area contributed by atoms with E-state index in [2.05, 4.69) is 0 Å². The predicted molar refractivity (Wildman–Crippen MR) is 72.2 cm³/mol. The zero-order chi connectivity index (χ0) is 13.2. The van der Waals surface area contributed by atoms with E-state index in [-0.39, 0.29) is 11.5 Å². The lowest BCUT2D eigenvalue weighted by molar-refractivity contribution is -0.123. The SMILES string of the molecule is CC(C)(C)C(=O)CS(=O)c1ccc(Cl)c(Cl)c1. The molecule has 2 nitrogen and oxygen atoms in total. The lowest BCUT2D eigenvalue weighted by Crippen LogP contribution is -2.25. The Morgan fingerprint density at radius 3 is 2.29 bits per heavy atom. The standard InChI is InChI=1S/C12H14Cl2O2S/c1-12(2,3)11(15)7-17(16)8-4-5-9(13)10(14)6-8/h4-6H,7H2,1-3H3. The van der Waals surface area contributed by atoms with Crippen molar-refractivity contribution >= 4 is 39.8 Å². The lowest BCUT2D eigenvalue weighted by Gasteiger charge is -2.16. The van der Waals surface area contributed by atoms with Crippen LogP contribution in [0.5, 0.6) is 0 Å². The van der Waals surface area contributed by atoms with Crippen LogP contribution >= 0.6 is 23.2 Å². The highest BCUT2D eigenvalue weighted by atomic mass is 35.5. The van der Waals surface area contributed by atoms with Crippen molar-refractivity contribution in [3.05, 3.63) is 28.2 Å². The summed E-state index contributed by atoms with van der Waals surface area (Å²) in [5.74, 6) is -0.0385. The molecule has 0 amide bonds. The summed E-state index contributed by atoms with van der Waals surface area (Å²) in [6.07, 6.45) is 0. The summed E-state index contributed by atoms with van der Waals surface area (Å²) in [5.41, 5.74) is -0.480. The molecule has 94 valence electrons. The Bertz CT molecular complexity index is 464. The van der Waals surface area contributed by atoms with Gasteiger partial charge in [0.25, 0.3) is 0 Å². The molecule has 0 saturated heterocycles. The minimum absolute atomic E-state index is 0.00145. The number of hydrogen-bond acceptors (Lipinski definition) is 2. The Balaban J connectivity index is 2.84. The minimum atomic E-state index is -1.37. The molecule has 5 heteroatoms. The van der Waals surface area contributed by atoms with Crippen LogP contribution in [0.4, 0.5) is 0 Å². The largest absolute Gasteiger partial charge is 0.298 e. The molecule has 0 fully saturated rings. The van der Waals surface area contributed by atoms with Crippen molar-refractivity contribution in [1.29, 1.82) is 0 Å². The van der Waals surface area contributed by atoms with Gasteiger partial charge in [0.2, 0.25) is 0 Å². The molecular weight excluding hydrogens is 279 g/mol. The fourth-order valence-electron chi connectivity index (χ4n) is 1.04. The second-order valence-corrected chi connectivity index (χ2v) is 7.00. The Morgan fingerprint density at radius 1 is 1.24 bits per heavy atom. The van der Waals surface area contributed by atoms with Crippen LogP contribution in [0.2, 0.25) is 10.0 Å². The zero-order valence-corrected chi connectivity index (χ0v) is 12.2. The van der Waals surface area contributed by atoms with E-state index in [1.807, 2.05) is 0 Å². The number of ketones is 1. The third kappa shape index (κ3) is 4.09. The highest BCUT2D eigenvalue weighted by Gasteiger charge is 2.23. The molecule has 1 atom stereocenters. The number of benzene rings is 1. The first-order chi connectivity index (χ1) is 7.71. The van der Waals surface area contributed by atoms with Gasteiger partial charge in [0.05, 0.1) is 26.6 Å². The summed E-state index contributed by atoms with van der Waals surface area (Å²) >= 11 is 11.6. The summed E-state index contributed by atoms with van der Waals surface area (Å²) in [7, 11) is -1.37. The summed E-state index contributed by atoms with van der Waals surface area (Å²) in [4.78, 5) is 12.3. The predicted octanol–water partition coefficient (Wildman–Crippen LogP) is 3.72. The van der Waals surface area contributed by atoms with Crippen molar-refractivity contribution in [3.8, 4) is 0 Å². The second kappa shape index (κ2) is 5.51. The molecule has 0 aromatic heterocycles. The van der Waals surface area contributed by atoms with Gasteiger partial charge in [-0.1, -0.05) is 44.0 Å². The maximum atomic E-state index is 12.0. The van der Waals surface area contributed by atoms with Crippen LogP contribution in [0.1, 0.15) is 20.8 Å². The van der Waals surface area contributed by atoms with Crippen LogP contribution in [0.3, 0.4) is 0 Å². The molecule has 0 N–H and O–H groups in total. The average molecular weight is 293 g/mol. The maximum Gasteiger partial charge on any atom is 0.151 e. The highest BCUT2D eigenvalue weighted by Crippen LogP contribution is 2.25. The summed E-state index contributed by atoms with van der Waals surface area (Å²) in [6.45, 7) is 5.42. The average Bonchev–Trinajstić information content (AvgIpc) is 2.20. The van der Waals surface area contributed by atoms with Gasteiger partial charge in [0.1, 0.15) is 0 Å². The van der Waals surface area contributed by atoms with E-state index < -0.39 is 16.2 Å². The van der Waals surface area contributed by atoms with Gasteiger partial charge in [-0.05, 0) is 18.2 Å². The van der Waals surface area contributed by atoms with Crippen molar-refractivity contribution in [2.24, 2.45) is 5.41 Å². The fourth-order valence-corrected chi connectivity index (χ4v) is 2.71. The van der Waals surface area contributed by atoms with E-state index in [0.717, 1.165) is 0 Å². The number of rotatable bonds is 3. The molecular formula is C12H14Cl2O2S. The zero-order valence-electron chi connectivity index (χ0n) is 9.92. The molecule has 0 aliphatic heterocycles. The van der Waals surface area contributed by atoms with Crippen LogP contribution < -0.4 is 0 Å². The minimum Gasteiger partial charge on any atom is -0.298 e. The fraction of sp³-hybridized carbons (Fsp3) is 0.417. The smallest absolute Gasteiger partial charge is 0.151 e. The van der Waals surface area contributed by atoms with E-state index in [4.69, 9.17) is 23.2 Å². The van der Waals surface area contributed by atoms with E-state index in [0.29, 0.717) is 14.9 Å². The first-order valence-electron chi connectivity index (χ1n) is 5.08. The quantitative estimate of drug-likeness (QED) is 0.851. The summed E-state index contributed by atoms with van der Waals surface area (Å²) in [5, 5.41) is 0.760. The summed E-state index contributed by atoms with van der Waals surface area (Å²) < 4.78 is 12.0. The number of carbonyl (C=O) groups excluding carboxylic acids is 1. The van der Waals surface area contributed by atoms with Gasteiger partial charge in [-0.15, -0.1) is 0 Å². The van der Waals surface area contributed by atoms with Crippen molar-refractivity contribution in [3.63, 3.8) is 0 Å². The van der Waals surface area contributed by atoms with Crippen molar-refractivity contribution in [2.75, 3.05) is 5.75 Å². The molecule has 17 heavy (non-hydrogen) atoms. The molecule has 0 spiro atoms. The van der Waals surface area contributed by atoms with Gasteiger partial charge in [0.15, 0.2) is 5.78 Å². The molecule has 0 bridgehead atoms. The molecule has 1 unspecified atom stereocenters. The van der Waals surface area contributed by atoms with Crippen molar-refractivity contribution in [1.82, 2.24) is 0 Å². The Labute approximate surface area is 114 Å². The second-order valence-electron chi connectivity index (χ2n) is 4.74. The Kier molecular flexibility index (Phi) is 4.76. The van der Waals surface area contributed by atoms with Gasteiger partial charge in [-0.3, -0.25) is 9.00 Å². The number of halogens is 2. The Hall–Kier alpha value is -0.380. The van der Waals surface area contributed by atoms with Crippen LogP contribution in [0, 0.1) is 5.41 Å². The van der Waals surface area contributed by atoms with E-state index in [1.54, 1.807) is 32.9 Å². The molecule has 0 saturated carbocycles. The van der Waals surface area contributed by atoms with Gasteiger partial charge >= 0.3 is 0 Å². The lowest BCUT2D eigenvalue weighted by atomic mass is 9.92. The summed E-state index contributed by atoms with van der Waals surface area (Å²) in [6, 6.07) is 4.74. The molecule has 0 aliphatic carbocycles. The number of hydrogen-bond donors (Lipinski definition) is 0. The third-order valence-corrected chi connectivity index (χ3v) is 4.30. The highest BCUT2D eigenvalue weighted by molar-refractivity contribution is 7.85. The normalized spacial score (nSPS) is 13.5. The van der Waals surface area contributed by atoms with Crippen LogP contribution in [0.15, 0.2) is 23.1 Å². The molecule has 0 radical (unpaired) electrons. The molecule has 1 aromatic carbocycles. The van der Waals surface area contributed by atoms with Crippen LogP contribution in [-0.2, 0) is 15.6 Å². The first-order valence-corrected chi connectivity index (χ1v) is 7.16. The van der Waals surface area contributed by atoms with E-state index in [1.165, 1.54) is 6.07 Å². The van der Waals surface area contributed by atoms with Crippen molar-refractivity contribution < 1.29 is 9.00 Å². The Morgan fingerprint density at radius 2 is 1.82 bits per heavy atom. The monoisotopic (exact) mass is 292 g/mol. The molecule has 1 aromatic rings. The first kappa shape index (κ1) is 14.7. The van der Waals surface area contributed by atoms with Crippen molar-refractivity contribution in [2.45, 2.75) is 25.7 Å². The maximum absolute atomic E-state index is 12.0. The van der Waals surface area contributed by atoms with Gasteiger partial charge in [-0.2, -0.15) is 0 Å². The number of carbonyl (C=O) groups is 1.